The third-order valence-corrected chi connectivity index (χ3v) is 1.76. The second-order valence-corrected chi connectivity index (χ2v) is 3.20. The zero-order valence-corrected chi connectivity index (χ0v) is 9.23. The van der Waals surface area contributed by atoms with Crippen LogP contribution in [0.1, 0.15) is 17.3 Å². The summed E-state index contributed by atoms with van der Waals surface area (Å²) < 4.78 is 5.12. The average molecular weight is 236 g/mol. The van der Waals surface area contributed by atoms with Crippen LogP contribution in [0.25, 0.3) is 0 Å². The Morgan fingerprint density at radius 2 is 1.88 bits per heavy atom. The van der Waals surface area contributed by atoms with Gasteiger partial charge < -0.3 is 4.74 Å². The monoisotopic (exact) mass is 236 g/mol. The van der Waals surface area contributed by atoms with Crippen LogP contribution >= 0.6 is 0 Å². The maximum atomic E-state index is 11.1. The van der Waals surface area contributed by atoms with Crippen LogP contribution < -0.4 is 15.6 Å². The Kier molecular flexibility index (Phi) is 4.68. The van der Waals surface area contributed by atoms with Gasteiger partial charge in [-0.05, 0) is 24.3 Å². The molecule has 17 heavy (non-hydrogen) atoms. The second-order valence-electron chi connectivity index (χ2n) is 3.20. The molecule has 6 nitrogen and oxygen atoms in total. The van der Waals surface area contributed by atoms with Gasteiger partial charge in [-0.25, -0.2) is 0 Å². The standard InChI is InChI=1S/C11H12N2O4/c1-8(15)12-13-11(16)7-17-10-4-2-9(6-14)3-5-10/h2-6H,7H2,1H3,(H,12,15)(H,13,16). The highest BCUT2D eigenvalue weighted by Crippen LogP contribution is 2.10. The molecule has 0 aliphatic heterocycles. The van der Waals surface area contributed by atoms with E-state index in [-0.39, 0.29) is 12.5 Å². The molecule has 0 unspecified atom stereocenters. The Bertz CT molecular complexity index is 414. The molecule has 2 N–H and O–H groups in total. The number of amides is 2. The molecule has 0 spiro atoms. The molecule has 0 bridgehead atoms. The average Bonchev–Trinajstić information content (AvgIpc) is 2.34. The highest BCUT2D eigenvalue weighted by atomic mass is 16.5. The van der Waals surface area contributed by atoms with Crippen LogP contribution in [0.4, 0.5) is 0 Å². The first kappa shape index (κ1) is 12.7. The van der Waals surface area contributed by atoms with E-state index >= 15 is 0 Å². The first-order chi connectivity index (χ1) is 8.11. The van der Waals surface area contributed by atoms with Gasteiger partial charge >= 0.3 is 0 Å². The largest absolute Gasteiger partial charge is 0.484 e. The lowest BCUT2D eigenvalue weighted by Crippen LogP contribution is -2.42. The van der Waals surface area contributed by atoms with Gasteiger partial charge in [0.05, 0.1) is 0 Å². The number of benzene rings is 1. The van der Waals surface area contributed by atoms with Crippen molar-refractivity contribution in [3.63, 3.8) is 0 Å². The molecule has 0 aromatic heterocycles. The molecule has 1 rings (SSSR count). The molecular weight excluding hydrogens is 224 g/mol. The molecule has 1 aromatic carbocycles. The van der Waals surface area contributed by atoms with Gasteiger partial charge in [0.1, 0.15) is 12.0 Å². The third kappa shape index (κ3) is 4.78. The van der Waals surface area contributed by atoms with E-state index in [0.717, 1.165) is 0 Å². The minimum atomic E-state index is -0.473. The number of carbonyl (C=O) groups excluding carboxylic acids is 3. The first-order valence-corrected chi connectivity index (χ1v) is 4.85. The van der Waals surface area contributed by atoms with Crippen LogP contribution in [0, 0.1) is 0 Å². The van der Waals surface area contributed by atoms with Crippen molar-refractivity contribution in [3.05, 3.63) is 29.8 Å². The van der Waals surface area contributed by atoms with Gasteiger partial charge in [0.25, 0.3) is 5.91 Å². The summed E-state index contributed by atoms with van der Waals surface area (Å²) in [6, 6.07) is 6.31. The summed E-state index contributed by atoms with van der Waals surface area (Å²) in [6.07, 6.45) is 0.716. The summed E-state index contributed by atoms with van der Waals surface area (Å²) in [7, 11) is 0. The van der Waals surface area contributed by atoms with Crippen LogP contribution in [0.5, 0.6) is 5.75 Å². The summed E-state index contributed by atoms with van der Waals surface area (Å²) in [5.74, 6) is -0.373. The van der Waals surface area contributed by atoms with Gasteiger partial charge in [0.2, 0.25) is 5.91 Å². The Balaban J connectivity index is 2.36. The molecule has 1 aromatic rings. The fourth-order valence-corrected chi connectivity index (χ4v) is 0.985. The van der Waals surface area contributed by atoms with E-state index in [1.165, 1.54) is 6.92 Å². The van der Waals surface area contributed by atoms with E-state index in [1.54, 1.807) is 24.3 Å². The van der Waals surface area contributed by atoms with E-state index in [0.29, 0.717) is 17.6 Å². The van der Waals surface area contributed by atoms with Crippen LogP contribution in [0.2, 0.25) is 0 Å². The van der Waals surface area contributed by atoms with Crippen molar-refractivity contribution in [1.82, 2.24) is 10.9 Å². The fourth-order valence-electron chi connectivity index (χ4n) is 0.985. The number of rotatable bonds is 4. The molecule has 0 aliphatic rings. The summed E-state index contributed by atoms with van der Waals surface area (Å²) in [5, 5.41) is 0. The van der Waals surface area contributed by atoms with Crippen LogP contribution in [-0.4, -0.2) is 24.7 Å². The predicted molar refractivity (Wildman–Crippen MR) is 59.3 cm³/mol. The Labute approximate surface area is 97.9 Å². The number of ether oxygens (including phenoxy) is 1. The number of hydrogen-bond donors (Lipinski definition) is 2. The van der Waals surface area contributed by atoms with Gasteiger partial charge in [0.15, 0.2) is 6.61 Å². The molecule has 0 saturated carbocycles. The van der Waals surface area contributed by atoms with Gasteiger partial charge in [-0.3, -0.25) is 25.2 Å². The molecule has 90 valence electrons. The fraction of sp³-hybridized carbons (Fsp3) is 0.182. The van der Waals surface area contributed by atoms with E-state index in [2.05, 4.69) is 10.9 Å². The molecule has 0 aliphatic carbocycles. The second kappa shape index (κ2) is 6.26. The van der Waals surface area contributed by atoms with E-state index in [9.17, 15) is 14.4 Å². The Morgan fingerprint density at radius 1 is 1.24 bits per heavy atom. The lowest BCUT2D eigenvalue weighted by molar-refractivity contribution is -0.129. The van der Waals surface area contributed by atoms with Crippen LogP contribution in [-0.2, 0) is 9.59 Å². The minimum Gasteiger partial charge on any atom is -0.484 e. The van der Waals surface area contributed by atoms with Crippen molar-refractivity contribution in [3.8, 4) is 5.75 Å². The third-order valence-electron chi connectivity index (χ3n) is 1.76. The first-order valence-electron chi connectivity index (χ1n) is 4.85. The van der Waals surface area contributed by atoms with Crippen molar-refractivity contribution in [2.45, 2.75) is 6.92 Å². The SMILES string of the molecule is CC(=O)NNC(=O)COc1ccc(C=O)cc1. The molecule has 0 fully saturated rings. The maximum absolute atomic E-state index is 11.1. The zero-order chi connectivity index (χ0) is 12.7. The summed E-state index contributed by atoms with van der Waals surface area (Å²) in [6.45, 7) is 1.06. The molecule has 2 amide bonds. The highest BCUT2D eigenvalue weighted by molar-refractivity contribution is 5.81. The predicted octanol–water partition coefficient (Wildman–Crippen LogP) is 0.0452. The summed E-state index contributed by atoms with van der Waals surface area (Å²) in [5.41, 5.74) is 4.82. The van der Waals surface area contributed by atoms with Crippen LogP contribution in [0.15, 0.2) is 24.3 Å². The number of carbonyl (C=O) groups is 3. The minimum absolute atomic E-state index is 0.222. The maximum Gasteiger partial charge on any atom is 0.276 e. The van der Waals surface area contributed by atoms with Crippen molar-refractivity contribution in [2.24, 2.45) is 0 Å². The highest BCUT2D eigenvalue weighted by Gasteiger charge is 2.02. The van der Waals surface area contributed by atoms with Crippen molar-refractivity contribution in [1.29, 1.82) is 0 Å². The zero-order valence-electron chi connectivity index (χ0n) is 9.23. The van der Waals surface area contributed by atoms with Gasteiger partial charge in [-0.1, -0.05) is 0 Å². The van der Waals surface area contributed by atoms with Gasteiger partial charge in [0, 0.05) is 12.5 Å². The van der Waals surface area contributed by atoms with E-state index in [1.807, 2.05) is 0 Å². The number of aldehydes is 1. The lowest BCUT2D eigenvalue weighted by atomic mass is 10.2. The number of hydrogen-bond acceptors (Lipinski definition) is 4. The molecule has 0 radical (unpaired) electrons. The Morgan fingerprint density at radius 3 is 2.41 bits per heavy atom. The van der Waals surface area contributed by atoms with Gasteiger partial charge in [-0.2, -0.15) is 0 Å². The van der Waals surface area contributed by atoms with Crippen molar-refractivity contribution >= 4 is 18.1 Å². The van der Waals surface area contributed by atoms with Crippen molar-refractivity contribution in [2.75, 3.05) is 6.61 Å². The smallest absolute Gasteiger partial charge is 0.276 e. The van der Waals surface area contributed by atoms with Crippen LogP contribution in [0.3, 0.4) is 0 Å². The lowest BCUT2D eigenvalue weighted by Gasteiger charge is -2.07. The molecule has 6 heteroatoms. The number of nitrogens with one attached hydrogen (secondary N) is 2. The molecule has 0 heterocycles. The molecule has 0 atom stereocenters. The quantitative estimate of drug-likeness (QED) is 0.571. The topological polar surface area (TPSA) is 84.5 Å². The number of hydrazine groups is 1. The van der Waals surface area contributed by atoms with Crippen molar-refractivity contribution < 1.29 is 19.1 Å². The van der Waals surface area contributed by atoms with E-state index in [4.69, 9.17) is 4.74 Å². The van der Waals surface area contributed by atoms with E-state index < -0.39 is 5.91 Å². The molecule has 0 saturated heterocycles. The van der Waals surface area contributed by atoms with Gasteiger partial charge in [-0.15, -0.1) is 0 Å². The summed E-state index contributed by atoms with van der Waals surface area (Å²) in [4.78, 5) is 32.0. The Hall–Kier alpha value is -2.37. The molecular formula is C11H12N2O4. The summed E-state index contributed by atoms with van der Waals surface area (Å²) >= 11 is 0. The normalized spacial score (nSPS) is 9.24.